The molecule has 13 nitrogen and oxygen atoms in total. The molecule has 0 spiro atoms. The first-order valence-corrected chi connectivity index (χ1v) is 12.1. The second-order valence-corrected chi connectivity index (χ2v) is 11.0. The summed E-state index contributed by atoms with van der Waals surface area (Å²) in [6, 6.07) is 0. The SMILES string of the molecule is COP(=O)(O)CP(=O)(O)OC[C@H]1O[C@@H](n2cnc3c(Cl)nc(Cl)nc32)[C@@H](O)[C@H]1O. The quantitative estimate of drug-likeness (QED) is 0.241. The number of hydrogen-bond donors (Lipinski definition) is 4. The molecule has 6 atom stereocenters. The molecule has 0 radical (unpaired) electrons. The van der Waals surface area contributed by atoms with Gasteiger partial charge in [0, 0.05) is 7.11 Å². The molecule has 0 aliphatic carbocycles. The molecule has 3 heterocycles. The Morgan fingerprint density at radius 2 is 1.90 bits per heavy atom. The summed E-state index contributed by atoms with van der Waals surface area (Å²) in [6.07, 6.45) is -4.22. The van der Waals surface area contributed by atoms with Gasteiger partial charge in [0.25, 0.3) is 0 Å². The number of ether oxygens (including phenoxy) is 1. The molecule has 2 unspecified atom stereocenters. The van der Waals surface area contributed by atoms with Crippen molar-refractivity contribution < 1.29 is 42.9 Å². The molecule has 3 rings (SSSR count). The Hall–Kier alpha value is -0.690. The van der Waals surface area contributed by atoms with E-state index in [9.17, 15) is 29.1 Å². The van der Waals surface area contributed by atoms with Crippen molar-refractivity contribution in [2.75, 3.05) is 19.6 Å². The molecule has 0 bridgehead atoms. The molecule has 29 heavy (non-hydrogen) atoms. The zero-order valence-electron chi connectivity index (χ0n) is 14.6. The van der Waals surface area contributed by atoms with Crippen molar-refractivity contribution in [3.8, 4) is 0 Å². The summed E-state index contributed by atoms with van der Waals surface area (Å²) in [7, 11) is -7.96. The molecule has 4 N–H and O–H groups in total. The lowest BCUT2D eigenvalue weighted by Crippen LogP contribution is -2.33. The lowest BCUT2D eigenvalue weighted by atomic mass is 10.1. The molecule has 2 aromatic rings. The van der Waals surface area contributed by atoms with Crippen LogP contribution in [0.5, 0.6) is 0 Å². The van der Waals surface area contributed by atoms with Crippen molar-refractivity contribution >= 4 is 49.6 Å². The minimum absolute atomic E-state index is 0.0283. The lowest BCUT2D eigenvalue weighted by molar-refractivity contribution is -0.0483. The summed E-state index contributed by atoms with van der Waals surface area (Å²) in [6.45, 7) is -0.657. The van der Waals surface area contributed by atoms with E-state index >= 15 is 0 Å². The highest BCUT2D eigenvalue weighted by Crippen LogP contribution is 2.58. The van der Waals surface area contributed by atoms with Gasteiger partial charge in [-0.1, -0.05) is 11.6 Å². The van der Waals surface area contributed by atoms with E-state index in [0.29, 0.717) is 0 Å². The van der Waals surface area contributed by atoms with E-state index in [2.05, 4.69) is 19.5 Å². The Bertz CT molecular complexity index is 1010. The third-order valence-corrected chi connectivity index (χ3v) is 8.46. The molecule has 162 valence electrons. The van der Waals surface area contributed by atoms with Crippen LogP contribution in [0, 0.1) is 0 Å². The number of nitrogens with zero attached hydrogens (tertiary/aromatic N) is 4. The lowest BCUT2D eigenvalue weighted by Gasteiger charge is -2.19. The summed E-state index contributed by atoms with van der Waals surface area (Å²) in [5.74, 6) is -1.15. The Kier molecular flexibility index (Phi) is 6.69. The van der Waals surface area contributed by atoms with Crippen LogP contribution in [0.3, 0.4) is 0 Å². The van der Waals surface area contributed by atoms with Crippen molar-refractivity contribution in [3.05, 3.63) is 16.8 Å². The monoisotopic (exact) mass is 492 g/mol. The van der Waals surface area contributed by atoms with Crippen LogP contribution in [0.4, 0.5) is 0 Å². The summed E-state index contributed by atoms with van der Waals surface area (Å²) in [5, 5.41) is 20.3. The van der Waals surface area contributed by atoms with E-state index in [1.807, 2.05) is 0 Å². The molecular formula is C12H16Cl2N4O9P2. The highest BCUT2D eigenvalue weighted by molar-refractivity contribution is 7.70. The van der Waals surface area contributed by atoms with Gasteiger partial charge in [-0.05, 0) is 11.6 Å². The van der Waals surface area contributed by atoms with Crippen LogP contribution in [0.15, 0.2) is 6.33 Å². The Morgan fingerprint density at radius 1 is 1.21 bits per heavy atom. The summed E-state index contributed by atoms with van der Waals surface area (Å²) in [5.41, 5.74) is 0.307. The van der Waals surface area contributed by atoms with Gasteiger partial charge in [0.1, 0.15) is 23.8 Å². The number of aromatic nitrogens is 4. The van der Waals surface area contributed by atoms with Crippen LogP contribution in [-0.2, 0) is 22.9 Å². The van der Waals surface area contributed by atoms with Crippen molar-refractivity contribution in [1.29, 1.82) is 0 Å². The van der Waals surface area contributed by atoms with Crippen molar-refractivity contribution in [3.63, 3.8) is 0 Å². The minimum Gasteiger partial charge on any atom is -0.387 e. The zero-order valence-corrected chi connectivity index (χ0v) is 17.9. The van der Waals surface area contributed by atoms with Gasteiger partial charge in [0.2, 0.25) is 5.28 Å². The molecule has 1 aliphatic heterocycles. The average Bonchev–Trinajstić information content (AvgIpc) is 3.15. The fourth-order valence-electron chi connectivity index (χ4n) is 2.65. The van der Waals surface area contributed by atoms with Gasteiger partial charge < -0.3 is 33.8 Å². The largest absolute Gasteiger partial charge is 0.387 e. The van der Waals surface area contributed by atoms with Gasteiger partial charge in [0.15, 0.2) is 22.9 Å². The van der Waals surface area contributed by atoms with E-state index in [1.54, 1.807) is 0 Å². The normalized spacial score (nSPS) is 29.1. The first kappa shape index (κ1) is 23.0. The smallest absolute Gasteiger partial charge is 0.340 e. The van der Waals surface area contributed by atoms with E-state index in [-0.39, 0.29) is 21.6 Å². The number of aliphatic hydroxyl groups excluding tert-OH is 2. The predicted molar refractivity (Wildman–Crippen MR) is 98.7 cm³/mol. The fourth-order valence-corrected chi connectivity index (χ4v) is 6.05. The molecule has 0 aromatic carbocycles. The van der Waals surface area contributed by atoms with Crippen LogP contribution in [0.25, 0.3) is 11.2 Å². The third kappa shape index (κ3) is 4.97. The van der Waals surface area contributed by atoms with Gasteiger partial charge in [-0.2, -0.15) is 4.98 Å². The standard InChI is InChI=1S/C12H16Cl2N4O9P2/c1-25-28(21,22)4-29(23,24)26-2-5-7(19)8(20)11(27-5)18-3-15-6-9(13)16-12(14)17-10(6)18/h3,5,7-8,11,19-20H,2,4H2,1H3,(H,21,22)(H,23,24)/t5-,7+,8+,11-/m1/s1. The molecule has 1 fully saturated rings. The van der Waals surface area contributed by atoms with Gasteiger partial charge in [-0.25, -0.2) is 9.97 Å². The van der Waals surface area contributed by atoms with Gasteiger partial charge >= 0.3 is 15.2 Å². The number of halogens is 2. The van der Waals surface area contributed by atoms with Gasteiger partial charge in [-0.3, -0.25) is 13.7 Å². The molecule has 1 saturated heterocycles. The van der Waals surface area contributed by atoms with Crippen LogP contribution in [0.1, 0.15) is 6.23 Å². The second kappa shape index (κ2) is 8.45. The first-order chi connectivity index (χ1) is 13.4. The molecule has 2 aromatic heterocycles. The molecular weight excluding hydrogens is 477 g/mol. The van der Waals surface area contributed by atoms with Crippen molar-refractivity contribution in [1.82, 2.24) is 19.5 Å². The van der Waals surface area contributed by atoms with Crippen molar-refractivity contribution in [2.24, 2.45) is 0 Å². The van der Waals surface area contributed by atoms with Crippen LogP contribution < -0.4 is 0 Å². The summed E-state index contributed by atoms with van der Waals surface area (Å²) < 4.78 is 39.2. The van der Waals surface area contributed by atoms with E-state index in [4.69, 9.17) is 32.5 Å². The van der Waals surface area contributed by atoms with Crippen LogP contribution in [0.2, 0.25) is 10.4 Å². The predicted octanol–water partition coefficient (Wildman–Crippen LogP) is 0.744. The summed E-state index contributed by atoms with van der Waals surface area (Å²) in [4.78, 5) is 30.7. The molecule has 0 amide bonds. The number of fused-ring (bicyclic) bond motifs is 1. The Balaban J connectivity index is 1.76. The number of imidazole rings is 1. The topological polar surface area (TPSA) is 186 Å². The Labute approximate surface area is 173 Å². The highest BCUT2D eigenvalue weighted by atomic mass is 35.5. The van der Waals surface area contributed by atoms with E-state index in [0.717, 1.165) is 7.11 Å². The summed E-state index contributed by atoms with van der Waals surface area (Å²) >= 11 is 11.7. The van der Waals surface area contributed by atoms with Crippen LogP contribution >= 0.6 is 38.4 Å². The number of hydrogen-bond acceptors (Lipinski definition) is 10. The molecule has 1 aliphatic rings. The molecule has 17 heteroatoms. The fraction of sp³-hybridized carbons (Fsp3) is 0.583. The number of aliphatic hydroxyl groups is 2. The zero-order chi connectivity index (χ0) is 21.6. The average molecular weight is 493 g/mol. The highest BCUT2D eigenvalue weighted by Gasteiger charge is 2.45. The first-order valence-electron chi connectivity index (χ1n) is 7.85. The maximum absolute atomic E-state index is 12.0. The van der Waals surface area contributed by atoms with Gasteiger partial charge in [0.05, 0.1) is 12.9 Å². The molecule has 0 saturated carbocycles. The van der Waals surface area contributed by atoms with E-state index < -0.39 is 52.2 Å². The number of rotatable bonds is 7. The maximum atomic E-state index is 12.0. The van der Waals surface area contributed by atoms with Crippen LogP contribution in [-0.4, -0.2) is 77.5 Å². The van der Waals surface area contributed by atoms with E-state index in [1.165, 1.54) is 10.9 Å². The third-order valence-electron chi connectivity index (χ3n) is 4.05. The second-order valence-electron chi connectivity index (χ2n) is 6.05. The maximum Gasteiger partial charge on any atom is 0.340 e. The van der Waals surface area contributed by atoms with Gasteiger partial charge in [-0.15, -0.1) is 0 Å². The van der Waals surface area contributed by atoms with Crippen molar-refractivity contribution in [2.45, 2.75) is 24.5 Å². The minimum atomic E-state index is -4.55. The Morgan fingerprint density at radius 3 is 2.55 bits per heavy atom.